The Labute approximate surface area is 148 Å². The van der Waals surface area contributed by atoms with Gasteiger partial charge in [0.1, 0.15) is 0 Å². The smallest absolute Gasteiger partial charge is 0.234 e. The fraction of sp³-hybridized carbons (Fsp3) is 0.684. The molecular weight excluding hydrogens is 316 g/mol. The van der Waals surface area contributed by atoms with Crippen molar-refractivity contribution in [3.63, 3.8) is 0 Å². The highest BCUT2D eigenvalue weighted by molar-refractivity contribution is 5.34. The monoisotopic (exact) mass is 344 g/mol. The largest absolute Gasteiger partial charge is 0.392 e. The van der Waals surface area contributed by atoms with Gasteiger partial charge in [0, 0.05) is 42.6 Å². The number of nitrogens with zero attached hydrogens (tertiary/aromatic N) is 4. The number of likely N-dealkylation sites (tertiary alicyclic amines) is 1. The minimum absolute atomic E-state index is 0.0132. The van der Waals surface area contributed by atoms with Gasteiger partial charge in [0.25, 0.3) is 0 Å². The summed E-state index contributed by atoms with van der Waals surface area (Å²) in [6.45, 7) is 9.67. The van der Waals surface area contributed by atoms with Crippen LogP contribution in [-0.4, -0.2) is 56.3 Å². The Morgan fingerprint density at radius 3 is 2.72 bits per heavy atom. The Morgan fingerprint density at radius 2 is 2.04 bits per heavy atom. The molecule has 2 aromatic rings. The molecule has 1 saturated carbocycles. The summed E-state index contributed by atoms with van der Waals surface area (Å²) < 4.78 is 7.92. The van der Waals surface area contributed by atoms with Gasteiger partial charge in [-0.1, -0.05) is 0 Å². The average molecular weight is 344 g/mol. The van der Waals surface area contributed by atoms with Crippen LogP contribution < -0.4 is 0 Å². The number of hydrogen-bond acceptors (Lipinski definition) is 5. The van der Waals surface area contributed by atoms with E-state index in [2.05, 4.69) is 33.5 Å². The number of aliphatic hydroxyl groups is 1. The molecule has 0 radical (unpaired) electrons. The maximum atomic E-state index is 10.3. The second-order valence-corrected chi connectivity index (χ2v) is 7.65. The first-order valence-corrected chi connectivity index (χ1v) is 9.36. The van der Waals surface area contributed by atoms with Gasteiger partial charge >= 0.3 is 0 Å². The molecule has 1 aliphatic carbocycles. The number of aliphatic hydroxyl groups excluding tert-OH is 1. The number of rotatable bonds is 4. The highest BCUT2D eigenvalue weighted by Crippen LogP contribution is 2.51. The molecule has 0 amide bonds. The molecule has 25 heavy (non-hydrogen) atoms. The second kappa shape index (κ2) is 6.34. The zero-order valence-corrected chi connectivity index (χ0v) is 15.4. The molecule has 0 bridgehead atoms. The fourth-order valence-corrected chi connectivity index (χ4v) is 4.57. The second-order valence-electron chi connectivity index (χ2n) is 7.65. The number of fused-ring (bicyclic) bond motifs is 1. The third kappa shape index (κ3) is 2.86. The molecule has 1 spiro atoms. The molecule has 6 nitrogen and oxygen atoms in total. The van der Waals surface area contributed by atoms with E-state index in [9.17, 15) is 5.11 Å². The van der Waals surface area contributed by atoms with Crippen LogP contribution >= 0.6 is 0 Å². The lowest BCUT2D eigenvalue weighted by Gasteiger charge is -2.56. The van der Waals surface area contributed by atoms with E-state index < -0.39 is 0 Å². The predicted octanol–water partition coefficient (Wildman–Crippen LogP) is 2.10. The molecule has 4 rings (SSSR count). The van der Waals surface area contributed by atoms with Crippen LogP contribution in [0.3, 0.4) is 0 Å². The minimum atomic E-state index is -0.198. The number of aryl methyl sites for hydroxylation is 2. The summed E-state index contributed by atoms with van der Waals surface area (Å²) in [6.07, 6.45) is 4.94. The quantitative estimate of drug-likeness (QED) is 0.920. The van der Waals surface area contributed by atoms with E-state index in [0.29, 0.717) is 0 Å². The highest BCUT2D eigenvalue weighted by Gasteiger charge is 2.55. The Morgan fingerprint density at radius 1 is 1.28 bits per heavy atom. The number of ether oxygens (including phenoxy) is 1. The molecule has 1 saturated heterocycles. The van der Waals surface area contributed by atoms with Crippen LogP contribution in [0.1, 0.15) is 43.3 Å². The van der Waals surface area contributed by atoms with Crippen molar-refractivity contribution >= 4 is 5.78 Å². The lowest BCUT2D eigenvalue weighted by atomic mass is 9.58. The molecule has 2 aliphatic rings. The summed E-state index contributed by atoms with van der Waals surface area (Å²) in [5.41, 5.74) is 3.22. The molecule has 3 heterocycles. The van der Waals surface area contributed by atoms with Crippen molar-refractivity contribution in [3.8, 4) is 0 Å². The van der Waals surface area contributed by atoms with Gasteiger partial charge in [-0.25, -0.2) is 9.97 Å². The topological polar surface area (TPSA) is 62.9 Å². The van der Waals surface area contributed by atoms with E-state index in [-0.39, 0.29) is 17.6 Å². The summed E-state index contributed by atoms with van der Waals surface area (Å²) in [5, 5.41) is 10.3. The normalized spacial score (nSPS) is 26.2. The van der Waals surface area contributed by atoms with Crippen molar-refractivity contribution in [3.05, 3.63) is 29.3 Å². The Balaban J connectivity index is 1.43. The summed E-state index contributed by atoms with van der Waals surface area (Å²) in [5.74, 6) is 0.784. The molecule has 2 aromatic heterocycles. The number of aromatic nitrogens is 3. The fourth-order valence-electron chi connectivity index (χ4n) is 4.57. The number of imidazole rings is 1. The van der Waals surface area contributed by atoms with Crippen molar-refractivity contribution < 1.29 is 9.84 Å². The molecule has 6 heteroatoms. The Kier molecular flexibility index (Phi) is 4.30. The third-order valence-electron chi connectivity index (χ3n) is 6.09. The third-order valence-corrected chi connectivity index (χ3v) is 6.09. The van der Waals surface area contributed by atoms with Crippen LogP contribution in [0.25, 0.3) is 5.78 Å². The van der Waals surface area contributed by atoms with E-state index in [1.807, 2.05) is 13.8 Å². The zero-order chi connectivity index (χ0) is 17.6. The van der Waals surface area contributed by atoms with Crippen molar-refractivity contribution in [1.82, 2.24) is 19.3 Å². The summed E-state index contributed by atoms with van der Waals surface area (Å²) in [7, 11) is 0. The van der Waals surface area contributed by atoms with Crippen molar-refractivity contribution in [2.45, 2.75) is 58.8 Å². The molecule has 2 unspecified atom stereocenters. The lowest BCUT2D eigenvalue weighted by molar-refractivity contribution is -0.209. The van der Waals surface area contributed by atoms with Gasteiger partial charge in [-0.3, -0.25) is 9.30 Å². The Hall–Kier alpha value is -1.50. The van der Waals surface area contributed by atoms with E-state index in [4.69, 9.17) is 9.72 Å². The van der Waals surface area contributed by atoms with Crippen molar-refractivity contribution in [2.24, 2.45) is 5.41 Å². The highest BCUT2D eigenvalue weighted by atomic mass is 16.5. The maximum Gasteiger partial charge on any atom is 0.234 e. The first kappa shape index (κ1) is 16.9. The average Bonchev–Trinajstić information content (AvgIpc) is 2.98. The summed E-state index contributed by atoms with van der Waals surface area (Å²) in [4.78, 5) is 11.6. The number of hydrogen-bond donors (Lipinski definition) is 1. The number of piperidine rings is 1. The van der Waals surface area contributed by atoms with Gasteiger partial charge in [-0.15, -0.1) is 0 Å². The zero-order valence-electron chi connectivity index (χ0n) is 15.4. The molecule has 1 aliphatic heterocycles. The van der Waals surface area contributed by atoms with Crippen LogP contribution in [-0.2, 0) is 11.3 Å². The van der Waals surface area contributed by atoms with E-state index in [1.165, 1.54) is 0 Å². The van der Waals surface area contributed by atoms with Crippen LogP contribution in [0.15, 0.2) is 12.3 Å². The predicted molar refractivity (Wildman–Crippen MR) is 95.4 cm³/mol. The molecule has 1 N–H and O–H groups in total. The van der Waals surface area contributed by atoms with Gasteiger partial charge in [0.15, 0.2) is 0 Å². The van der Waals surface area contributed by atoms with Gasteiger partial charge in [-0.2, -0.15) is 0 Å². The van der Waals surface area contributed by atoms with Gasteiger partial charge in [0.2, 0.25) is 5.78 Å². The van der Waals surface area contributed by atoms with Gasteiger partial charge in [0.05, 0.1) is 17.9 Å². The van der Waals surface area contributed by atoms with Crippen molar-refractivity contribution in [1.29, 1.82) is 0 Å². The van der Waals surface area contributed by atoms with E-state index in [0.717, 1.165) is 68.4 Å². The molecular formula is C19H28N4O2. The van der Waals surface area contributed by atoms with Crippen molar-refractivity contribution in [2.75, 3.05) is 19.7 Å². The lowest BCUT2D eigenvalue weighted by Crippen LogP contribution is -2.62. The van der Waals surface area contributed by atoms with Crippen LogP contribution in [0.4, 0.5) is 0 Å². The van der Waals surface area contributed by atoms with E-state index >= 15 is 0 Å². The minimum Gasteiger partial charge on any atom is -0.392 e. The molecule has 2 fully saturated rings. The standard InChI is InChI=1S/C19H28N4O2/c1-4-25-17-10-16(24)19(17)5-7-22(8-6-19)11-15-12-23-14(3)9-13(2)20-18(23)21-15/h9,12,16-17,24H,4-8,10-11H2,1-3H3. The first-order chi connectivity index (χ1) is 12.0. The van der Waals surface area contributed by atoms with E-state index in [1.54, 1.807) is 0 Å². The Bertz CT molecular complexity index is 762. The first-order valence-electron chi connectivity index (χ1n) is 9.36. The summed E-state index contributed by atoms with van der Waals surface area (Å²) in [6, 6.07) is 2.08. The SMILES string of the molecule is CCOC1CC(O)C12CCN(Cc1cn3c(C)cc(C)nc3n1)CC2. The maximum absolute atomic E-state index is 10.3. The molecule has 136 valence electrons. The van der Waals surface area contributed by atoms with Gasteiger partial charge in [-0.05, 0) is 52.8 Å². The van der Waals surface area contributed by atoms with Crippen LogP contribution in [0, 0.1) is 19.3 Å². The van der Waals surface area contributed by atoms with Crippen LogP contribution in [0.2, 0.25) is 0 Å². The molecule has 2 atom stereocenters. The van der Waals surface area contributed by atoms with Gasteiger partial charge < -0.3 is 9.84 Å². The molecule has 0 aromatic carbocycles. The summed E-state index contributed by atoms with van der Waals surface area (Å²) >= 11 is 0. The van der Waals surface area contributed by atoms with Crippen LogP contribution in [0.5, 0.6) is 0 Å².